The normalized spacial score (nSPS) is 15.3. The summed E-state index contributed by atoms with van der Waals surface area (Å²) in [6.45, 7) is 0. The van der Waals surface area contributed by atoms with E-state index < -0.39 is 20.6 Å². The predicted octanol–water partition coefficient (Wildman–Crippen LogP) is 2.00. The van der Waals surface area contributed by atoms with E-state index in [9.17, 15) is 18.5 Å². The fourth-order valence-electron chi connectivity index (χ4n) is 2.59. The van der Waals surface area contributed by atoms with Gasteiger partial charge in [0.15, 0.2) is 0 Å². The Morgan fingerprint density at radius 3 is 2.62 bits per heavy atom. The number of fused-ring (bicyclic) bond motifs is 1. The number of nitrogens with two attached hydrogens (primary N) is 1. The highest BCUT2D eigenvalue weighted by molar-refractivity contribution is 7.89. The highest BCUT2D eigenvalue weighted by Crippen LogP contribution is 2.28. The molecule has 2 aromatic carbocycles. The summed E-state index contributed by atoms with van der Waals surface area (Å²) < 4.78 is 22.7. The minimum Gasteiger partial charge on any atom is -0.271 e. The van der Waals surface area contributed by atoms with Crippen LogP contribution < -0.4 is 10.6 Å². The number of aryl methyl sites for hydroxylation is 1. The Kier molecular flexibility index (Phi) is 4.04. The van der Waals surface area contributed by atoms with E-state index in [1.165, 1.54) is 17.7 Å². The van der Waals surface area contributed by atoms with Crippen LogP contribution in [0.4, 0.5) is 11.4 Å². The van der Waals surface area contributed by atoms with Crippen LogP contribution in [0.2, 0.25) is 0 Å². The summed E-state index contributed by atoms with van der Waals surface area (Å²) in [6.07, 6.45) is 1.60. The number of anilines is 1. The third kappa shape index (κ3) is 3.12. The van der Waals surface area contributed by atoms with Crippen LogP contribution >= 0.6 is 0 Å². The van der Waals surface area contributed by atoms with E-state index in [1.807, 2.05) is 24.3 Å². The van der Waals surface area contributed by atoms with E-state index in [1.54, 1.807) is 0 Å². The summed E-state index contributed by atoms with van der Waals surface area (Å²) >= 11 is 0. The second kappa shape index (κ2) is 6.02. The minimum atomic E-state index is -4.01. The summed E-state index contributed by atoms with van der Waals surface area (Å²) in [5, 5.41) is 20.4. The van der Waals surface area contributed by atoms with E-state index >= 15 is 0 Å². The molecule has 2 aromatic rings. The van der Waals surface area contributed by atoms with Crippen LogP contribution in [-0.4, -0.2) is 19.1 Å². The smallest absolute Gasteiger partial charge is 0.271 e. The molecule has 0 fully saturated rings. The van der Waals surface area contributed by atoms with Gasteiger partial charge in [0.05, 0.1) is 15.5 Å². The molecule has 0 saturated heterocycles. The van der Waals surface area contributed by atoms with Crippen molar-refractivity contribution in [3.05, 3.63) is 63.7 Å². The van der Waals surface area contributed by atoms with Gasteiger partial charge < -0.3 is 0 Å². The molecule has 24 heavy (non-hydrogen) atoms. The zero-order chi connectivity index (χ0) is 17.3. The molecule has 0 spiro atoms. The molecule has 8 nitrogen and oxygen atoms in total. The molecule has 0 heterocycles. The molecule has 1 aliphatic carbocycles. The molecular weight excluding hydrogens is 332 g/mol. The number of benzene rings is 2. The molecular formula is C15H14N4O4S. The Morgan fingerprint density at radius 2 is 1.92 bits per heavy atom. The van der Waals surface area contributed by atoms with Crippen LogP contribution in [0.3, 0.4) is 0 Å². The number of nitrogens with zero attached hydrogens (tertiary/aromatic N) is 2. The summed E-state index contributed by atoms with van der Waals surface area (Å²) in [5.74, 6) is 0. The fraction of sp³-hybridized carbons (Fsp3) is 0.133. The molecule has 0 saturated carbocycles. The minimum absolute atomic E-state index is 0.101. The molecule has 0 unspecified atom stereocenters. The van der Waals surface area contributed by atoms with Crippen molar-refractivity contribution in [2.75, 3.05) is 5.43 Å². The summed E-state index contributed by atoms with van der Waals surface area (Å²) in [5.41, 5.74) is 5.35. The topological polar surface area (TPSA) is 128 Å². The van der Waals surface area contributed by atoms with Crippen molar-refractivity contribution in [2.45, 2.75) is 17.7 Å². The van der Waals surface area contributed by atoms with Crippen molar-refractivity contribution < 1.29 is 13.3 Å². The van der Waals surface area contributed by atoms with Crippen LogP contribution in [0.1, 0.15) is 17.5 Å². The van der Waals surface area contributed by atoms with Gasteiger partial charge in [0.2, 0.25) is 10.0 Å². The molecule has 0 atom stereocenters. The van der Waals surface area contributed by atoms with Crippen molar-refractivity contribution in [3.8, 4) is 0 Å². The Balaban J connectivity index is 1.94. The van der Waals surface area contributed by atoms with Crippen LogP contribution in [0.5, 0.6) is 0 Å². The van der Waals surface area contributed by atoms with Gasteiger partial charge in [0.25, 0.3) is 5.69 Å². The van der Waals surface area contributed by atoms with Gasteiger partial charge in [-0.15, -0.1) is 0 Å². The first-order valence-electron chi connectivity index (χ1n) is 7.08. The highest BCUT2D eigenvalue weighted by atomic mass is 32.2. The van der Waals surface area contributed by atoms with Gasteiger partial charge in [0, 0.05) is 11.6 Å². The van der Waals surface area contributed by atoms with E-state index in [-0.39, 0.29) is 10.6 Å². The molecule has 0 aromatic heterocycles. The largest absolute Gasteiger partial charge is 0.295 e. The van der Waals surface area contributed by atoms with Crippen LogP contribution in [0.15, 0.2) is 52.5 Å². The van der Waals surface area contributed by atoms with Gasteiger partial charge in [-0.2, -0.15) is 5.10 Å². The van der Waals surface area contributed by atoms with Crippen LogP contribution in [-0.2, 0) is 16.4 Å². The number of primary sulfonamides is 1. The predicted molar refractivity (Wildman–Crippen MR) is 89.4 cm³/mol. The zero-order valence-electron chi connectivity index (χ0n) is 12.5. The molecule has 0 aliphatic heterocycles. The average molecular weight is 346 g/mol. The quantitative estimate of drug-likeness (QED) is 0.646. The second-order valence-corrected chi connectivity index (χ2v) is 6.87. The second-order valence-electron chi connectivity index (χ2n) is 5.31. The van der Waals surface area contributed by atoms with Gasteiger partial charge in [-0.25, -0.2) is 13.6 Å². The lowest BCUT2D eigenvalue weighted by atomic mass is 10.1. The van der Waals surface area contributed by atoms with Gasteiger partial charge >= 0.3 is 0 Å². The molecule has 1 aliphatic rings. The first-order chi connectivity index (χ1) is 11.4. The van der Waals surface area contributed by atoms with Crippen molar-refractivity contribution in [3.63, 3.8) is 0 Å². The zero-order valence-corrected chi connectivity index (χ0v) is 13.3. The average Bonchev–Trinajstić information content (AvgIpc) is 2.95. The number of sulfonamides is 1. The molecule has 3 rings (SSSR count). The molecule has 9 heteroatoms. The van der Waals surface area contributed by atoms with Gasteiger partial charge in [-0.1, -0.05) is 24.3 Å². The maximum absolute atomic E-state index is 11.3. The summed E-state index contributed by atoms with van der Waals surface area (Å²) in [7, 11) is -4.01. The number of rotatable bonds is 4. The number of nitro benzene ring substituents is 1. The Morgan fingerprint density at radius 1 is 1.17 bits per heavy atom. The Bertz CT molecular complexity index is 954. The number of hydrogen-bond donors (Lipinski definition) is 2. The monoisotopic (exact) mass is 346 g/mol. The van der Waals surface area contributed by atoms with Crippen molar-refractivity contribution in [1.82, 2.24) is 0 Å². The number of nitro groups is 1. The van der Waals surface area contributed by atoms with Crippen LogP contribution in [0, 0.1) is 10.1 Å². The van der Waals surface area contributed by atoms with Gasteiger partial charge in [0.1, 0.15) is 5.69 Å². The molecule has 0 bridgehead atoms. The number of nitrogens with one attached hydrogen (secondary N) is 1. The van der Waals surface area contributed by atoms with Crippen LogP contribution in [0.25, 0.3) is 0 Å². The third-order valence-electron chi connectivity index (χ3n) is 3.77. The maximum Gasteiger partial charge on any atom is 0.295 e. The standard InChI is InChI=1S/C15H14N4O4S/c16-24(22,23)11-6-8-14(15(9-11)19(20)21)18-17-13-7-5-10-3-1-2-4-12(10)13/h1-4,6,8-9,18H,5,7H2,(H2,16,22,23)/b17-13-. The summed E-state index contributed by atoms with van der Waals surface area (Å²) in [6, 6.07) is 11.2. The highest BCUT2D eigenvalue weighted by Gasteiger charge is 2.20. The van der Waals surface area contributed by atoms with Gasteiger partial charge in [-0.3, -0.25) is 15.5 Å². The SMILES string of the molecule is NS(=O)(=O)c1ccc(N/N=C2/CCc3ccccc32)c([N+](=O)[O-])c1. The van der Waals surface area contributed by atoms with E-state index in [0.717, 1.165) is 30.2 Å². The summed E-state index contributed by atoms with van der Waals surface area (Å²) in [4.78, 5) is 10.2. The third-order valence-corrected chi connectivity index (χ3v) is 4.68. The first-order valence-corrected chi connectivity index (χ1v) is 8.63. The molecule has 124 valence electrons. The lowest BCUT2D eigenvalue weighted by Crippen LogP contribution is -2.12. The van der Waals surface area contributed by atoms with Crippen molar-refractivity contribution >= 4 is 27.1 Å². The maximum atomic E-state index is 11.3. The number of hydrogen-bond acceptors (Lipinski definition) is 6. The number of hydrazone groups is 1. The van der Waals surface area contributed by atoms with Crippen molar-refractivity contribution in [2.24, 2.45) is 10.2 Å². The van der Waals surface area contributed by atoms with E-state index in [2.05, 4.69) is 10.5 Å². The fourth-order valence-corrected chi connectivity index (χ4v) is 3.12. The molecule has 0 radical (unpaired) electrons. The first kappa shape index (κ1) is 16.1. The van der Waals surface area contributed by atoms with E-state index in [0.29, 0.717) is 0 Å². The lowest BCUT2D eigenvalue weighted by Gasteiger charge is -2.06. The Hall–Kier alpha value is -2.78. The van der Waals surface area contributed by atoms with E-state index in [4.69, 9.17) is 5.14 Å². The Labute approximate surface area is 138 Å². The van der Waals surface area contributed by atoms with Gasteiger partial charge in [-0.05, 0) is 30.5 Å². The molecule has 0 amide bonds. The van der Waals surface area contributed by atoms with Crippen molar-refractivity contribution in [1.29, 1.82) is 0 Å². The molecule has 3 N–H and O–H groups in total. The lowest BCUT2D eigenvalue weighted by molar-refractivity contribution is -0.384.